The summed E-state index contributed by atoms with van der Waals surface area (Å²) in [6.07, 6.45) is 0. The van der Waals surface area contributed by atoms with Gasteiger partial charge in [0.1, 0.15) is 0 Å². The Kier molecular flexibility index (Phi) is 4.48. The summed E-state index contributed by atoms with van der Waals surface area (Å²) in [6.45, 7) is 2.14. The molecular weight excluding hydrogens is 302 g/mol. The molecule has 7 heteroatoms. The summed E-state index contributed by atoms with van der Waals surface area (Å²) in [5.74, 6) is -0.248. The molecule has 0 aromatic heterocycles. The van der Waals surface area contributed by atoms with E-state index < -0.39 is 10.0 Å². The maximum absolute atomic E-state index is 12.0. The number of benzene rings is 2. The monoisotopic (exact) mass is 319 g/mol. The normalized spacial score (nSPS) is 11.2. The third kappa shape index (κ3) is 3.84. The minimum atomic E-state index is -3.70. The number of nitrogens with two attached hydrogens (primary N) is 2. The molecule has 0 aliphatic rings. The van der Waals surface area contributed by atoms with Crippen LogP contribution in [0.5, 0.6) is 0 Å². The Morgan fingerprint density at radius 3 is 2.32 bits per heavy atom. The number of anilines is 1. The third-order valence-electron chi connectivity index (χ3n) is 3.25. The molecule has 0 saturated carbocycles. The lowest BCUT2D eigenvalue weighted by Crippen LogP contribution is -2.23. The van der Waals surface area contributed by atoms with Crippen LogP contribution < -0.4 is 16.2 Å². The fourth-order valence-corrected chi connectivity index (χ4v) is 2.38. The van der Waals surface area contributed by atoms with E-state index in [1.807, 2.05) is 6.92 Å². The molecule has 0 aliphatic heterocycles. The first kappa shape index (κ1) is 16.0. The van der Waals surface area contributed by atoms with Gasteiger partial charge in [-0.05, 0) is 42.3 Å². The van der Waals surface area contributed by atoms with Crippen LogP contribution in [0.1, 0.15) is 21.5 Å². The molecule has 0 fully saturated rings. The predicted molar refractivity (Wildman–Crippen MR) is 84.6 cm³/mol. The Balaban J connectivity index is 2.03. The molecule has 0 heterocycles. The van der Waals surface area contributed by atoms with E-state index in [1.54, 1.807) is 30.3 Å². The Hall–Kier alpha value is -2.38. The second kappa shape index (κ2) is 6.17. The number of hydrogen-bond donors (Lipinski definition) is 3. The molecule has 0 radical (unpaired) electrons. The fourth-order valence-electron chi connectivity index (χ4n) is 1.86. The van der Waals surface area contributed by atoms with Gasteiger partial charge in [0.25, 0.3) is 5.91 Å². The van der Waals surface area contributed by atoms with E-state index in [1.165, 1.54) is 12.1 Å². The van der Waals surface area contributed by atoms with Gasteiger partial charge >= 0.3 is 0 Å². The maximum atomic E-state index is 12.0. The lowest BCUT2D eigenvalue weighted by Gasteiger charge is -2.08. The smallest absolute Gasteiger partial charge is 0.251 e. The van der Waals surface area contributed by atoms with Crippen LogP contribution in [0.25, 0.3) is 0 Å². The van der Waals surface area contributed by atoms with Gasteiger partial charge in [-0.2, -0.15) is 0 Å². The Labute approximate surface area is 129 Å². The van der Waals surface area contributed by atoms with Crippen LogP contribution in [-0.2, 0) is 16.6 Å². The number of carbonyl (C=O) groups excluding carboxylic acids is 1. The molecule has 1 amide bonds. The van der Waals surface area contributed by atoms with Gasteiger partial charge < -0.3 is 11.1 Å². The molecule has 0 saturated heterocycles. The molecule has 5 N–H and O–H groups in total. The van der Waals surface area contributed by atoms with E-state index in [0.717, 1.165) is 11.1 Å². The van der Waals surface area contributed by atoms with Crippen molar-refractivity contribution in [3.05, 3.63) is 59.2 Å². The number of aryl methyl sites for hydroxylation is 1. The number of rotatable bonds is 4. The van der Waals surface area contributed by atoms with Crippen molar-refractivity contribution in [2.75, 3.05) is 5.73 Å². The summed E-state index contributed by atoms with van der Waals surface area (Å²) in [6, 6.07) is 11.1. The van der Waals surface area contributed by atoms with Crippen LogP contribution in [0, 0.1) is 6.92 Å². The Morgan fingerprint density at radius 2 is 1.77 bits per heavy atom. The van der Waals surface area contributed by atoms with Crippen LogP contribution in [0.2, 0.25) is 0 Å². The average Bonchev–Trinajstić information content (AvgIpc) is 2.47. The minimum Gasteiger partial charge on any atom is -0.398 e. The highest BCUT2D eigenvalue weighted by Crippen LogP contribution is 2.13. The third-order valence-corrected chi connectivity index (χ3v) is 4.18. The van der Waals surface area contributed by atoms with Crippen molar-refractivity contribution < 1.29 is 13.2 Å². The van der Waals surface area contributed by atoms with Gasteiger partial charge in [-0.3, -0.25) is 4.79 Å². The standard InChI is InChI=1S/C15H17N3O3S/c1-10-2-5-12(8-14(10)16)15(19)18-9-11-3-6-13(7-4-11)22(17,20)21/h2-8H,9,16H2,1H3,(H,18,19)(H2,17,20,21). The lowest BCUT2D eigenvalue weighted by molar-refractivity contribution is 0.0951. The van der Waals surface area contributed by atoms with Crippen LogP contribution in [-0.4, -0.2) is 14.3 Å². The van der Waals surface area contributed by atoms with E-state index in [0.29, 0.717) is 11.3 Å². The first-order valence-corrected chi connectivity index (χ1v) is 8.08. The predicted octanol–water partition coefficient (Wildman–Crippen LogP) is 1.15. The molecule has 2 rings (SSSR count). The number of hydrogen-bond acceptors (Lipinski definition) is 4. The molecule has 116 valence electrons. The molecule has 22 heavy (non-hydrogen) atoms. The van der Waals surface area contributed by atoms with Crippen molar-refractivity contribution in [1.82, 2.24) is 5.32 Å². The van der Waals surface area contributed by atoms with Gasteiger partial charge in [0.05, 0.1) is 4.90 Å². The van der Waals surface area contributed by atoms with Crippen LogP contribution in [0.15, 0.2) is 47.4 Å². The van der Waals surface area contributed by atoms with Gasteiger partial charge in [0.15, 0.2) is 0 Å². The summed E-state index contributed by atoms with van der Waals surface area (Å²) < 4.78 is 22.3. The van der Waals surface area contributed by atoms with E-state index in [-0.39, 0.29) is 17.3 Å². The first-order valence-electron chi connectivity index (χ1n) is 6.53. The zero-order valence-electron chi connectivity index (χ0n) is 12.0. The first-order chi connectivity index (χ1) is 10.3. The number of carbonyl (C=O) groups is 1. The van der Waals surface area contributed by atoms with Crippen molar-refractivity contribution in [1.29, 1.82) is 0 Å². The highest BCUT2D eigenvalue weighted by atomic mass is 32.2. The second-order valence-corrected chi connectivity index (χ2v) is 6.50. The van der Waals surface area contributed by atoms with Crippen molar-refractivity contribution >= 4 is 21.6 Å². The fraction of sp³-hybridized carbons (Fsp3) is 0.133. The molecule has 2 aromatic carbocycles. The van der Waals surface area contributed by atoms with E-state index in [4.69, 9.17) is 10.9 Å². The zero-order chi connectivity index (χ0) is 16.3. The largest absolute Gasteiger partial charge is 0.398 e. The van der Waals surface area contributed by atoms with Crippen molar-refractivity contribution in [3.8, 4) is 0 Å². The number of primary sulfonamides is 1. The zero-order valence-corrected chi connectivity index (χ0v) is 12.9. The van der Waals surface area contributed by atoms with Gasteiger partial charge in [0, 0.05) is 17.8 Å². The van der Waals surface area contributed by atoms with Crippen LogP contribution >= 0.6 is 0 Å². The van der Waals surface area contributed by atoms with Crippen molar-refractivity contribution in [2.24, 2.45) is 5.14 Å². The van der Waals surface area contributed by atoms with E-state index in [9.17, 15) is 13.2 Å². The highest BCUT2D eigenvalue weighted by molar-refractivity contribution is 7.89. The number of nitrogen functional groups attached to an aromatic ring is 1. The van der Waals surface area contributed by atoms with E-state index >= 15 is 0 Å². The summed E-state index contributed by atoms with van der Waals surface area (Å²) in [5, 5.41) is 7.77. The van der Waals surface area contributed by atoms with Gasteiger partial charge in [-0.1, -0.05) is 18.2 Å². The minimum absolute atomic E-state index is 0.0360. The number of amides is 1. The van der Waals surface area contributed by atoms with Crippen LogP contribution in [0.3, 0.4) is 0 Å². The molecule has 0 aliphatic carbocycles. The van der Waals surface area contributed by atoms with E-state index in [2.05, 4.69) is 5.32 Å². The molecule has 0 atom stereocenters. The molecule has 6 nitrogen and oxygen atoms in total. The van der Waals surface area contributed by atoms with Gasteiger partial charge in [-0.15, -0.1) is 0 Å². The summed E-state index contributed by atoms with van der Waals surface area (Å²) in [4.78, 5) is 12.1. The summed E-state index contributed by atoms with van der Waals surface area (Å²) in [7, 11) is -3.70. The van der Waals surface area contributed by atoms with Gasteiger partial charge in [-0.25, -0.2) is 13.6 Å². The molecule has 0 bridgehead atoms. The Bertz CT molecular complexity index is 799. The number of nitrogens with one attached hydrogen (secondary N) is 1. The van der Waals surface area contributed by atoms with Gasteiger partial charge in [0.2, 0.25) is 10.0 Å². The average molecular weight is 319 g/mol. The molecule has 2 aromatic rings. The Morgan fingerprint density at radius 1 is 1.14 bits per heavy atom. The van der Waals surface area contributed by atoms with Crippen molar-refractivity contribution in [2.45, 2.75) is 18.4 Å². The summed E-state index contributed by atoms with van der Waals surface area (Å²) >= 11 is 0. The lowest BCUT2D eigenvalue weighted by atomic mass is 10.1. The highest BCUT2D eigenvalue weighted by Gasteiger charge is 2.09. The van der Waals surface area contributed by atoms with Crippen molar-refractivity contribution in [3.63, 3.8) is 0 Å². The molecule has 0 spiro atoms. The molecular formula is C15H17N3O3S. The SMILES string of the molecule is Cc1ccc(C(=O)NCc2ccc(S(N)(=O)=O)cc2)cc1N. The topological polar surface area (TPSA) is 115 Å². The maximum Gasteiger partial charge on any atom is 0.251 e. The second-order valence-electron chi connectivity index (χ2n) is 4.94. The number of sulfonamides is 1. The van der Waals surface area contributed by atoms with Crippen LogP contribution in [0.4, 0.5) is 5.69 Å². The molecule has 0 unspecified atom stereocenters. The quantitative estimate of drug-likeness (QED) is 0.733. The summed E-state index contributed by atoms with van der Waals surface area (Å²) in [5.41, 5.74) is 8.49.